The maximum absolute atomic E-state index is 12.1. The topological polar surface area (TPSA) is 86.4 Å². The Labute approximate surface area is 213 Å². The standard InChI is InChI=1S/C27H36ClN3O4/c1-9-31-24(23(28)18(4)30-31)25(34-19(5)35-26(32)33-15-14-17(2)3)22(16-29)20-10-12-21(13-11-20)27(6,7)8/h10-13,17,19H,9,14-15H2,1-8H3/b25-22-. The Balaban J connectivity index is 2.49. The molecule has 0 fully saturated rings. The Morgan fingerprint density at radius 3 is 2.31 bits per heavy atom. The molecule has 1 aromatic carbocycles. The summed E-state index contributed by atoms with van der Waals surface area (Å²) in [5.74, 6) is 0.583. The molecule has 2 aromatic rings. The first kappa shape index (κ1) is 28.3. The highest BCUT2D eigenvalue weighted by Gasteiger charge is 2.26. The lowest BCUT2D eigenvalue weighted by atomic mass is 9.86. The Hall–Kier alpha value is -2.98. The van der Waals surface area contributed by atoms with Gasteiger partial charge in [-0.25, -0.2) is 4.79 Å². The van der Waals surface area contributed by atoms with Crippen molar-refractivity contribution in [2.24, 2.45) is 5.92 Å². The fourth-order valence-corrected chi connectivity index (χ4v) is 3.58. The van der Waals surface area contributed by atoms with E-state index in [9.17, 15) is 10.1 Å². The number of aromatic nitrogens is 2. The highest BCUT2D eigenvalue weighted by molar-refractivity contribution is 6.33. The van der Waals surface area contributed by atoms with Crippen LogP contribution in [-0.2, 0) is 26.2 Å². The fourth-order valence-electron chi connectivity index (χ4n) is 3.36. The van der Waals surface area contributed by atoms with Crippen LogP contribution >= 0.6 is 11.6 Å². The molecule has 0 bridgehead atoms. The third kappa shape index (κ3) is 7.50. The molecule has 0 aliphatic carbocycles. The Kier molecular flexibility index (Phi) is 9.79. The largest absolute Gasteiger partial charge is 0.511 e. The summed E-state index contributed by atoms with van der Waals surface area (Å²) >= 11 is 6.61. The van der Waals surface area contributed by atoms with Crippen molar-refractivity contribution in [3.63, 3.8) is 0 Å². The number of aryl methyl sites for hydroxylation is 2. The molecular formula is C27H36ClN3O4. The number of nitrogens with zero attached hydrogens (tertiary/aromatic N) is 3. The van der Waals surface area contributed by atoms with Crippen molar-refractivity contribution < 1.29 is 19.0 Å². The zero-order chi connectivity index (χ0) is 26.3. The number of nitriles is 1. The molecule has 7 nitrogen and oxygen atoms in total. The lowest BCUT2D eigenvalue weighted by Gasteiger charge is -2.21. The molecule has 2 rings (SSSR count). The van der Waals surface area contributed by atoms with Crippen LogP contribution in [0.2, 0.25) is 5.02 Å². The van der Waals surface area contributed by atoms with E-state index < -0.39 is 12.4 Å². The average molecular weight is 502 g/mol. The second kappa shape index (κ2) is 12.1. The Morgan fingerprint density at radius 1 is 1.17 bits per heavy atom. The molecule has 35 heavy (non-hydrogen) atoms. The van der Waals surface area contributed by atoms with E-state index in [1.807, 2.05) is 45.0 Å². The number of halogens is 1. The summed E-state index contributed by atoms with van der Waals surface area (Å²) in [6.07, 6.45) is -1.15. The number of ether oxygens (including phenoxy) is 3. The van der Waals surface area contributed by atoms with E-state index in [1.54, 1.807) is 18.5 Å². The van der Waals surface area contributed by atoms with Crippen molar-refractivity contribution >= 4 is 29.1 Å². The van der Waals surface area contributed by atoms with E-state index in [1.165, 1.54) is 0 Å². The minimum absolute atomic E-state index is 0.0338. The number of rotatable bonds is 9. The SMILES string of the molecule is CCn1nc(C)c(Cl)c1/C(OC(C)OC(=O)OCCC(C)C)=C(\C#N)c1ccc(C(C)(C)C)cc1. The second-order valence-corrected chi connectivity index (χ2v) is 10.2. The van der Waals surface area contributed by atoms with E-state index in [2.05, 4.69) is 31.9 Å². The molecule has 1 atom stereocenters. The van der Waals surface area contributed by atoms with Crippen LogP contribution in [0.4, 0.5) is 4.79 Å². The van der Waals surface area contributed by atoms with Gasteiger partial charge in [-0.05, 0) is 42.7 Å². The van der Waals surface area contributed by atoms with E-state index in [0.717, 1.165) is 12.0 Å². The number of hydrogen-bond donors (Lipinski definition) is 0. The third-order valence-corrected chi connectivity index (χ3v) is 5.86. The molecule has 1 heterocycles. The molecule has 0 spiro atoms. The zero-order valence-corrected chi connectivity index (χ0v) is 22.7. The number of carbonyl (C=O) groups is 1. The van der Waals surface area contributed by atoms with E-state index in [0.29, 0.717) is 34.4 Å². The van der Waals surface area contributed by atoms with Gasteiger partial charge in [-0.2, -0.15) is 10.4 Å². The zero-order valence-electron chi connectivity index (χ0n) is 21.9. The summed E-state index contributed by atoms with van der Waals surface area (Å²) in [6, 6.07) is 9.98. The van der Waals surface area contributed by atoms with E-state index in [4.69, 9.17) is 25.8 Å². The van der Waals surface area contributed by atoms with Crippen molar-refractivity contribution in [3.8, 4) is 6.07 Å². The molecule has 190 valence electrons. The molecule has 0 N–H and O–H groups in total. The lowest BCUT2D eigenvalue weighted by molar-refractivity contribution is -0.0676. The van der Waals surface area contributed by atoms with E-state index >= 15 is 0 Å². The van der Waals surface area contributed by atoms with Crippen LogP contribution in [-0.4, -0.2) is 28.8 Å². The highest BCUT2D eigenvalue weighted by Crippen LogP contribution is 2.35. The van der Waals surface area contributed by atoms with Crippen molar-refractivity contribution in [3.05, 3.63) is 51.8 Å². The van der Waals surface area contributed by atoms with Gasteiger partial charge in [0, 0.05) is 13.5 Å². The minimum atomic E-state index is -1.04. The van der Waals surface area contributed by atoms with Crippen molar-refractivity contribution in [1.29, 1.82) is 5.26 Å². The number of carbonyl (C=O) groups excluding carboxylic acids is 1. The molecule has 8 heteroatoms. The van der Waals surface area contributed by atoms with Gasteiger partial charge >= 0.3 is 6.16 Å². The molecule has 1 aromatic heterocycles. The summed E-state index contributed by atoms with van der Waals surface area (Å²) in [6.45, 7) is 16.5. The van der Waals surface area contributed by atoms with Crippen LogP contribution in [0.1, 0.15) is 77.4 Å². The predicted molar refractivity (Wildman–Crippen MR) is 138 cm³/mol. The normalized spacial score (nSPS) is 13.2. The first-order chi connectivity index (χ1) is 16.4. The van der Waals surface area contributed by atoms with Gasteiger partial charge in [0.2, 0.25) is 6.29 Å². The number of hydrogen-bond acceptors (Lipinski definition) is 6. The average Bonchev–Trinajstić information content (AvgIpc) is 3.06. The monoisotopic (exact) mass is 501 g/mol. The minimum Gasteiger partial charge on any atom is -0.451 e. The number of benzene rings is 1. The molecule has 0 radical (unpaired) electrons. The van der Waals surface area contributed by atoms with Crippen LogP contribution in [0.15, 0.2) is 24.3 Å². The summed E-state index contributed by atoms with van der Waals surface area (Å²) < 4.78 is 18.2. The summed E-state index contributed by atoms with van der Waals surface area (Å²) in [5.41, 5.74) is 3.06. The second-order valence-electron chi connectivity index (χ2n) is 9.79. The van der Waals surface area contributed by atoms with Crippen LogP contribution in [0.3, 0.4) is 0 Å². The fraction of sp³-hybridized carbons (Fsp3) is 0.519. The maximum Gasteiger partial charge on any atom is 0.511 e. The van der Waals surface area contributed by atoms with Crippen LogP contribution in [0.5, 0.6) is 0 Å². The molecule has 0 saturated heterocycles. The molecule has 0 amide bonds. The summed E-state index contributed by atoms with van der Waals surface area (Å²) in [7, 11) is 0. The van der Waals surface area contributed by atoms with Crippen molar-refractivity contribution in [1.82, 2.24) is 9.78 Å². The third-order valence-electron chi connectivity index (χ3n) is 5.41. The van der Waals surface area contributed by atoms with Gasteiger partial charge in [-0.3, -0.25) is 4.68 Å². The lowest BCUT2D eigenvalue weighted by Crippen LogP contribution is -2.20. The van der Waals surface area contributed by atoms with Crippen LogP contribution in [0, 0.1) is 24.2 Å². The molecular weight excluding hydrogens is 466 g/mol. The molecule has 0 aliphatic rings. The molecule has 0 aliphatic heterocycles. The smallest absolute Gasteiger partial charge is 0.451 e. The number of allylic oxidation sites excluding steroid dienone is 1. The van der Waals surface area contributed by atoms with Gasteiger partial charge in [0.15, 0.2) is 5.76 Å². The highest BCUT2D eigenvalue weighted by atomic mass is 35.5. The van der Waals surface area contributed by atoms with Gasteiger partial charge in [-0.1, -0.05) is 70.5 Å². The van der Waals surface area contributed by atoms with Gasteiger partial charge in [0.1, 0.15) is 17.3 Å². The summed E-state index contributed by atoms with van der Waals surface area (Å²) in [5, 5.41) is 15.0. The van der Waals surface area contributed by atoms with Crippen molar-refractivity contribution in [2.75, 3.05) is 6.61 Å². The van der Waals surface area contributed by atoms with Crippen LogP contribution in [0.25, 0.3) is 11.3 Å². The maximum atomic E-state index is 12.1. The quantitative estimate of drug-likeness (QED) is 0.157. The van der Waals surface area contributed by atoms with Gasteiger partial charge in [0.25, 0.3) is 0 Å². The Bertz CT molecular complexity index is 1090. The van der Waals surface area contributed by atoms with Crippen molar-refractivity contribution in [2.45, 2.75) is 80.1 Å². The first-order valence-corrected chi connectivity index (χ1v) is 12.2. The van der Waals surface area contributed by atoms with Gasteiger partial charge < -0.3 is 14.2 Å². The van der Waals surface area contributed by atoms with E-state index in [-0.39, 0.29) is 23.4 Å². The Morgan fingerprint density at radius 2 is 1.80 bits per heavy atom. The van der Waals surface area contributed by atoms with Gasteiger partial charge in [-0.15, -0.1) is 0 Å². The van der Waals surface area contributed by atoms with Gasteiger partial charge in [0.05, 0.1) is 17.3 Å². The molecule has 0 saturated carbocycles. The van der Waals surface area contributed by atoms with Crippen LogP contribution < -0.4 is 0 Å². The summed E-state index contributed by atoms with van der Waals surface area (Å²) in [4.78, 5) is 12.1. The molecule has 1 unspecified atom stereocenters. The predicted octanol–water partition coefficient (Wildman–Crippen LogP) is 7.12. The first-order valence-electron chi connectivity index (χ1n) is 11.9.